The molecule has 3 aliphatic rings. The maximum Gasteiger partial charge on any atom is 0.106 e. The van der Waals surface area contributed by atoms with Crippen molar-refractivity contribution in [1.29, 1.82) is 0 Å². The summed E-state index contributed by atoms with van der Waals surface area (Å²) >= 11 is 1.72. The fraction of sp³-hybridized carbons (Fsp3) is 0.417. The molecular weight excluding hydrogens is 220 g/mol. The second-order valence-corrected chi connectivity index (χ2v) is 5.27. The quantitative estimate of drug-likeness (QED) is 0.599. The third kappa shape index (κ3) is 1.53. The second kappa shape index (κ2) is 3.94. The summed E-state index contributed by atoms with van der Waals surface area (Å²) in [5.41, 5.74) is 2.00. The van der Waals surface area contributed by atoms with Gasteiger partial charge in [0.25, 0.3) is 0 Å². The van der Waals surface area contributed by atoms with Gasteiger partial charge in [-0.3, -0.25) is 0 Å². The van der Waals surface area contributed by atoms with Crippen LogP contribution in [0.15, 0.2) is 28.4 Å². The molecule has 3 saturated heterocycles. The first-order valence-corrected chi connectivity index (χ1v) is 6.49. The van der Waals surface area contributed by atoms with Crippen LogP contribution in [0.25, 0.3) is 6.08 Å². The minimum absolute atomic E-state index is 0.459. The van der Waals surface area contributed by atoms with Crippen LogP contribution in [-0.4, -0.2) is 28.9 Å². The van der Waals surface area contributed by atoms with Gasteiger partial charge in [0, 0.05) is 23.9 Å². The largest absolute Gasteiger partial charge is 0.411 e. The molecular formula is C12H14N2OS. The van der Waals surface area contributed by atoms with Crippen LogP contribution in [0.2, 0.25) is 0 Å². The molecule has 1 N–H and O–H groups in total. The number of piperidine rings is 3. The predicted octanol–water partition coefficient (Wildman–Crippen LogP) is 2.64. The van der Waals surface area contributed by atoms with Gasteiger partial charge in [0.15, 0.2) is 0 Å². The van der Waals surface area contributed by atoms with E-state index >= 15 is 0 Å². The maximum atomic E-state index is 9.14. The van der Waals surface area contributed by atoms with Crippen LogP contribution in [0.3, 0.4) is 0 Å². The van der Waals surface area contributed by atoms with E-state index in [0.29, 0.717) is 5.92 Å². The van der Waals surface area contributed by atoms with Crippen molar-refractivity contribution in [2.24, 2.45) is 11.1 Å². The Balaban J connectivity index is 1.99. The van der Waals surface area contributed by atoms with E-state index in [1.54, 1.807) is 11.3 Å². The number of hydrogen-bond acceptors (Lipinski definition) is 4. The fourth-order valence-corrected chi connectivity index (χ4v) is 3.22. The first kappa shape index (κ1) is 9.90. The van der Waals surface area contributed by atoms with Crippen LogP contribution in [0.4, 0.5) is 0 Å². The van der Waals surface area contributed by atoms with E-state index in [0.717, 1.165) is 37.3 Å². The highest BCUT2D eigenvalue weighted by atomic mass is 32.1. The van der Waals surface area contributed by atoms with E-state index in [1.807, 2.05) is 6.07 Å². The van der Waals surface area contributed by atoms with Crippen molar-refractivity contribution in [3.8, 4) is 0 Å². The molecule has 0 aliphatic carbocycles. The van der Waals surface area contributed by atoms with E-state index in [-0.39, 0.29) is 0 Å². The smallest absolute Gasteiger partial charge is 0.106 e. The minimum Gasteiger partial charge on any atom is -0.411 e. The van der Waals surface area contributed by atoms with Gasteiger partial charge < -0.3 is 10.1 Å². The first-order chi connectivity index (χ1) is 7.88. The van der Waals surface area contributed by atoms with Crippen molar-refractivity contribution < 1.29 is 5.21 Å². The lowest BCUT2D eigenvalue weighted by molar-refractivity contribution is 0.229. The molecule has 4 heterocycles. The Morgan fingerprint density at radius 3 is 2.88 bits per heavy atom. The molecule has 3 aliphatic heterocycles. The van der Waals surface area contributed by atoms with Gasteiger partial charge in [-0.25, -0.2) is 0 Å². The molecule has 16 heavy (non-hydrogen) atoms. The summed E-state index contributed by atoms with van der Waals surface area (Å²) in [4.78, 5) is 3.55. The standard InChI is InChI=1S/C12H14N2OS/c15-13-12-9-3-5-14(6-4-9)11(12)8-10-2-1-7-16-10/h1-2,7-9,15H,3-6H2. The molecule has 1 aromatic heterocycles. The molecule has 0 amide bonds. The first-order valence-electron chi connectivity index (χ1n) is 5.61. The summed E-state index contributed by atoms with van der Waals surface area (Å²) in [5, 5.41) is 14.7. The zero-order chi connectivity index (χ0) is 11.0. The molecule has 3 fully saturated rings. The molecule has 0 atom stereocenters. The number of allylic oxidation sites excluding steroid dienone is 1. The molecule has 4 heteroatoms. The van der Waals surface area contributed by atoms with Crippen molar-refractivity contribution in [1.82, 2.24) is 4.90 Å². The highest BCUT2D eigenvalue weighted by Crippen LogP contribution is 2.33. The Hall–Kier alpha value is -1.29. The number of fused-ring (bicyclic) bond motifs is 3. The van der Waals surface area contributed by atoms with E-state index in [2.05, 4.69) is 27.6 Å². The van der Waals surface area contributed by atoms with Gasteiger partial charge in [0.05, 0.1) is 5.70 Å². The molecule has 84 valence electrons. The maximum absolute atomic E-state index is 9.14. The Bertz CT molecular complexity index is 428. The Morgan fingerprint density at radius 1 is 1.44 bits per heavy atom. The lowest BCUT2D eigenvalue weighted by Crippen LogP contribution is -2.46. The molecule has 1 aromatic rings. The van der Waals surface area contributed by atoms with Gasteiger partial charge in [-0.15, -0.1) is 11.3 Å². The van der Waals surface area contributed by atoms with Crippen molar-refractivity contribution >= 4 is 23.1 Å². The zero-order valence-electron chi connectivity index (χ0n) is 8.97. The summed E-state index contributed by atoms with van der Waals surface area (Å²) in [6.07, 6.45) is 4.40. The van der Waals surface area contributed by atoms with Gasteiger partial charge >= 0.3 is 0 Å². The van der Waals surface area contributed by atoms with E-state index in [9.17, 15) is 0 Å². The number of nitrogens with zero attached hydrogens (tertiary/aromatic N) is 2. The van der Waals surface area contributed by atoms with Crippen molar-refractivity contribution in [3.63, 3.8) is 0 Å². The normalized spacial score (nSPS) is 25.9. The Labute approximate surface area is 98.7 Å². The number of oxime groups is 1. The number of rotatable bonds is 1. The predicted molar refractivity (Wildman–Crippen MR) is 65.8 cm³/mol. The number of hydrogen-bond donors (Lipinski definition) is 1. The third-order valence-electron chi connectivity index (χ3n) is 3.41. The Kier molecular flexibility index (Phi) is 2.44. The average molecular weight is 234 g/mol. The molecule has 3 nitrogen and oxygen atoms in total. The highest BCUT2D eigenvalue weighted by molar-refractivity contribution is 7.10. The zero-order valence-corrected chi connectivity index (χ0v) is 9.78. The number of thiophene rings is 1. The molecule has 0 aromatic carbocycles. The minimum atomic E-state index is 0.459. The van der Waals surface area contributed by atoms with E-state index in [4.69, 9.17) is 5.21 Å². The molecule has 2 bridgehead atoms. The topological polar surface area (TPSA) is 35.8 Å². The SMILES string of the molecule is ON=C1C(=Cc2cccs2)N2CCC1CC2. The van der Waals surface area contributed by atoms with Gasteiger partial charge in [-0.1, -0.05) is 11.2 Å². The van der Waals surface area contributed by atoms with Crippen LogP contribution >= 0.6 is 11.3 Å². The second-order valence-electron chi connectivity index (χ2n) is 4.29. The molecule has 0 unspecified atom stereocenters. The lowest BCUT2D eigenvalue weighted by Gasteiger charge is -2.42. The van der Waals surface area contributed by atoms with E-state index < -0.39 is 0 Å². The monoisotopic (exact) mass is 234 g/mol. The van der Waals surface area contributed by atoms with Crippen LogP contribution in [0.5, 0.6) is 0 Å². The van der Waals surface area contributed by atoms with Crippen LogP contribution < -0.4 is 0 Å². The summed E-state index contributed by atoms with van der Waals surface area (Å²) in [6.45, 7) is 2.20. The Morgan fingerprint density at radius 2 is 2.25 bits per heavy atom. The van der Waals surface area contributed by atoms with Gasteiger partial charge in [-0.05, 0) is 30.4 Å². The summed E-state index contributed by atoms with van der Waals surface area (Å²) in [6, 6.07) is 4.14. The summed E-state index contributed by atoms with van der Waals surface area (Å²) in [5.74, 6) is 0.459. The van der Waals surface area contributed by atoms with Gasteiger partial charge in [0.1, 0.15) is 5.71 Å². The molecule has 4 rings (SSSR count). The van der Waals surface area contributed by atoms with Gasteiger partial charge in [0.2, 0.25) is 0 Å². The highest BCUT2D eigenvalue weighted by Gasteiger charge is 2.35. The van der Waals surface area contributed by atoms with E-state index in [1.165, 1.54) is 4.88 Å². The van der Waals surface area contributed by atoms with Crippen LogP contribution in [0.1, 0.15) is 17.7 Å². The lowest BCUT2D eigenvalue weighted by atomic mass is 9.84. The summed E-state index contributed by atoms with van der Waals surface area (Å²) < 4.78 is 0. The van der Waals surface area contributed by atoms with Crippen molar-refractivity contribution in [2.75, 3.05) is 13.1 Å². The summed E-state index contributed by atoms with van der Waals surface area (Å²) in [7, 11) is 0. The van der Waals surface area contributed by atoms with Crippen LogP contribution in [0, 0.1) is 5.92 Å². The van der Waals surface area contributed by atoms with Crippen molar-refractivity contribution in [3.05, 3.63) is 28.1 Å². The molecule has 0 spiro atoms. The molecule has 0 saturated carbocycles. The average Bonchev–Trinajstić information content (AvgIpc) is 2.83. The third-order valence-corrected chi connectivity index (χ3v) is 4.23. The van der Waals surface area contributed by atoms with Crippen molar-refractivity contribution in [2.45, 2.75) is 12.8 Å². The molecule has 0 radical (unpaired) electrons. The fourth-order valence-electron chi connectivity index (χ4n) is 2.57. The van der Waals surface area contributed by atoms with Gasteiger partial charge in [-0.2, -0.15) is 0 Å². The van der Waals surface area contributed by atoms with Crippen LogP contribution in [-0.2, 0) is 0 Å².